The van der Waals surface area contributed by atoms with E-state index in [-0.39, 0.29) is 11.1 Å². The van der Waals surface area contributed by atoms with Gasteiger partial charge in [-0.1, -0.05) is 0 Å². The van der Waals surface area contributed by atoms with E-state index in [0.29, 0.717) is 6.20 Å². The molecule has 0 aliphatic rings. The van der Waals surface area contributed by atoms with Crippen molar-refractivity contribution < 1.29 is 27.4 Å². The molecule has 0 spiro atoms. The van der Waals surface area contributed by atoms with Crippen molar-refractivity contribution in [1.82, 2.24) is 4.98 Å². The standard InChI is InChI=1S/C8H8F4N2O2/c9-6-2-14-7(16-8(10,11)12)4(1-13)5(6)3-15/h2,15H,1,3,13H2. The molecule has 1 rings (SSSR count). The Morgan fingerprint density at radius 1 is 1.38 bits per heavy atom. The molecule has 0 fully saturated rings. The summed E-state index contributed by atoms with van der Waals surface area (Å²) in [5.74, 6) is -1.78. The first-order chi connectivity index (χ1) is 7.39. The highest BCUT2D eigenvalue weighted by Gasteiger charge is 2.33. The number of aliphatic hydroxyl groups is 1. The van der Waals surface area contributed by atoms with E-state index in [2.05, 4.69) is 9.72 Å². The van der Waals surface area contributed by atoms with Crippen molar-refractivity contribution in [3.63, 3.8) is 0 Å². The number of aromatic nitrogens is 1. The fourth-order valence-electron chi connectivity index (χ4n) is 1.12. The van der Waals surface area contributed by atoms with Crippen LogP contribution in [0, 0.1) is 5.82 Å². The average Bonchev–Trinajstić information content (AvgIpc) is 2.18. The lowest BCUT2D eigenvalue weighted by Crippen LogP contribution is -2.20. The maximum Gasteiger partial charge on any atom is 0.574 e. The Labute approximate surface area is 87.7 Å². The Bertz CT molecular complexity index is 381. The molecule has 8 heteroatoms. The van der Waals surface area contributed by atoms with Crippen LogP contribution >= 0.6 is 0 Å². The normalized spacial score (nSPS) is 11.6. The Morgan fingerprint density at radius 3 is 2.44 bits per heavy atom. The minimum absolute atomic E-state index is 0.306. The molecule has 16 heavy (non-hydrogen) atoms. The maximum atomic E-state index is 13.0. The minimum atomic E-state index is -4.94. The molecular formula is C8H8F4N2O2. The molecule has 90 valence electrons. The third kappa shape index (κ3) is 2.80. The van der Waals surface area contributed by atoms with Gasteiger partial charge in [-0.15, -0.1) is 13.2 Å². The third-order valence-corrected chi connectivity index (χ3v) is 1.78. The van der Waals surface area contributed by atoms with Crippen molar-refractivity contribution >= 4 is 0 Å². The van der Waals surface area contributed by atoms with Crippen LogP contribution in [0.5, 0.6) is 5.88 Å². The van der Waals surface area contributed by atoms with Gasteiger partial charge in [-0.25, -0.2) is 9.37 Å². The monoisotopic (exact) mass is 240 g/mol. The fourth-order valence-corrected chi connectivity index (χ4v) is 1.12. The van der Waals surface area contributed by atoms with Crippen LogP contribution in [-0.2, 0) is 13.2 Å². The molecule has 0 radical (unpaired) electrons. The Balaban J connectivity index is 3.19. The summed E-state index contributed by atoms with van der Waals surface area (Å²) in [6, 6.07) is 0. The Morgan fingerprint density at radius 2 is 2.00 bits per heavy atom. The lowest BCUT2D eigenvalue weighted by Gasteiger charge is -2.13. The van der Waals surface area contributed by atoms with Gasteiger partial charge in [0.1, 0.15) is 5.82 Å². The number of aliphatic hydroxyl groups excluding tert-OH is 1. The van der Waals surface area contributed by atoms with Gasteiger partial charge >= 0.3 is 6.36 Å². The summed E-state index contributed by atoms with van der Waals surface area (Å²) in [5, 5.41) is 8.79. The summed E-state index contributed by atoms with van der Waals surface area (Å²) in [4.78, 5) is 3.13. The van der Waals surface area contributed by atoms with Crippen LogP contribution in [0.25, 0.3) is 0 Å². The van der Waals surface area contributed by atoms with Crippen LogP contribution in [0.4, 0.5) is 17.6 Å². The van der Waals surface area contributed by atoms with Crippen LogP contribution < -0.4 is 10.5 Å². The molecule has 0 atom stereocenters. The van der Waals surface area contributed by atoms with Crippen molar-refractivity contribution in [3.05, 3.63) is 23.1 Å². The molecule has 1 heterocycles. The van der Waals surface area contributed by atoms with Crippen LogP contribution in [0.2, 0.25) is 0 Å². The predicted octanol–water partition coefficient (Wildman–Crippen LogP) is 1.07. The summed E-state index contributed by atoms with van der Waals surface area (Å²) >= 11 is 0. The van der Waals surface area contributed by atoms with E-state index in [9.17, 15) is 17.6 Å². The summed E-state index contributed by atoms with van der Waals surface area (Å²) in [6.07, 6.45) is -4.41. The number of nitrogens with two attached hydrogens (primary N) is 1. The quantitative estimate of drug-likeness (QED) is 0.775. The summed E-state index contributed by atoms with van der Waals surface area (Å²) < 4.78 is 52.4. The van der Waals surface area contributed by atoms with Crippen molar-refractivity contribution in [2.45, 2.75) is 19.5 Å². The van der Waals surface area contributed by atoms with Gasteiger partial charge < -0.3 is 15.6 Å². The zero-order chi connectivity index (χ0) is 12.3. The largest absolute Gasteiger partial charge is 0.574 e. The van der Waals surface area contributed by atoms with Crippen molar-refractivity contribution in [3.8, 4) is 5.88 Å². The molecule has 0 aliphatic carbocycles. The fraction of sp³-hybridized carbons (Fsp3) is 0.375. The number of pyridine rings is 1. The van der Waals surface area contributed by atoms with Crippen molar-refractivity contribution in [1.29, 1.82) is 0 Å². The van der Waals surface area contributed by atoms with Gasteiger partial charge in [-0.2, -0.15) is 0 Å². The SMILES string of the molecule is NCc1c(OC(F)(F)F)ncc(F)c1CO. The summed E-state index contributed by atoms with van der Waals surface area (Å²) in [7, 11) is 0. The second kappa shape index (κ2) is 4.62. The first-order valence-corrected chi connectivity index (χ1v) is 4.12. The second-order valence-electron chi connectivity index (χ2n) is 2.78. The maximum absolute atomic E-state index is 13.0. The molecule has 0 bridgehead atoms. The van der Waals surface area contributed by atoms with E-state index < -0.39 is 31.2 Å². The molecule has 1 aromatic rings. The van der Waals surface area contributed by atoms with Gasteiger partial charge in [0.25, 0.3) is 0 Å². The van der Waals surface area contributed by atoms with E-state index in [0.717, 1.165) is 0 Å². The van der Waals surface area contributed by atoms with E-state index in [1.54, 1.807) is 0 Å². The third-order valence-electron chi connectivity index (χ3n) is 1.78. The number of hydrogen-bond donors (Lipinski definition) is 2. The summed E-state index contributed by atoms with van der Waals surface area (Å²) in [6.45, 7) is -1.21. The van der Waals surface area contributed by atoms with Crippen molar-refractivity contribution in [2.75, 3.05) is 0 Å². The van der Waals surface area contributed by atoms with E-state index in [1.165, 1.54) is 0 Å². The molecule has 0 unspecified atom stereocenters. The molecule has 4 nitrogen and oxygen atoms in total. The Kier molecular flexibility index (Phi) is 3.66. The van der Waals surface area contributed by atoms with E-state index >= 15 is 0 Å². The molecule has 1 aromatic heterocycles. The molecule has 0 amide bonds. The number of hydrogen-bond acceptors (Lipinski definition) is 4. The van der Waals surface area contributed by atoms with E-state index in [4.69, 9.17) is 10.8 Å². The zero-order valence-electron chi connectivity index (χ0n) is 7.88. The average molecular weight is 240 g/mol. The smallest absolute Gasteiger partial charge is 0.392 e. The molecule has 0 saturated heterocycles. The zero-order valence-corrected chi connectivity index (χ0v) is 7.88. The van der Waals surface area contributed by atoms with Gasteiger partial charge in [-0.3, -0.25) is 0 Å². The van der Waals surface area contributed by atoms with Gasteiger partial charge in [-0.05, 0) is 0 Å². The second-order valence-corrected chi connectivity index (χ2v) is 2.78. The highest BCUT2D eigenvalue weighted by atomic mass is 19.4. The molecule has 0 aliphatic heterocycles. The lowest BCUT2D eigenvalue weighted by atomic mass is 10.1. The van der Waals surface area contributed by atoms with Crippen LogP contribution in [0.1, 0.15) is 11.1 Å². The van der Waals surface area contributed by atoms with Gasteiger partial charge in [0, 0.05) is 17.7 Å². The minimum Gasteiger partial charge on any atom is -0.392 e. The molecular weight excluding hydrogens is 232 g/mol. The number of ether oxygens (including phenoxy) is 1. The van der Waals surface area contributed by atoms with Crippen LogP contribution in [0.3, 0.4) is 0 Å². The van der Waals surface area contributed by atoms with Gasteiger partial charge in [0.2, 0.25) is 5.88 Å². The number of nitrogens with zero attached hydrogens (tertiary/aromatic N) is 1. The summed E-state index contributed by atoms with van der Waals surface area (Å²) in [5.41, 5.74) is 4.49. The van der Waals surface area contributed by atoms with Crippen molar-refractivity contribution in [2.24, 2.45) is 5.73 Å². The first-order valence-electron chi connectivity index (χ1n) is 4.12. The van der Waals surface area contributed by atoms with Gasteiger partial charge in [0.05, 0.1) is 12.8 Å². The number of rotatable bonds is 3. The highest BCUT2D eigenvalue weighted by molar-refractivity contribution is 5.35. The highest BCUT2D eigenvalue weighted by Crippen LogP contribution is 2.27. The first kappa shape index (κ1) is 12.7. The number of alkyl halides is 3. The predicted molar refractivity (Wildman–Crippen MR) is 44.7 cm³/mol. The topological polar surface area (TPSA) is 68.4 Å². The van der Waals surface area contributed by atoms with E-state index in [1.807, 2.05) is 0 Å². The van der Waals surface area contributed by atoms with Gasteiger partial charge in [0.15, 0.2) is 0 Å². The Hall–Kier alpha value is -1.41. The lowest BCUT2D eigenvalue weighted by molar-refractivity contribution is -0.276. The number of halogens is 4. The van der Waals surface area contributed by atoms with Crippen LogP contribution in [-0.4, -0.2) is 16.5 Å². The molecule has 3 N–H and O–H groups in total. The van der Waals surface area contributed by atoms with Crippen LogP contribution in [0.15, 0.2) is 6.20 Å². The molecule has 0 saturated carbocycles. The molecule has 0 aromatic carbocycles.